The van der Waals surface area contributed by atoms with Crippen LogP contribution in [0.5, 0.6) is 29.8 Å². The Morgan fingerprint density at radius 3 is 1.00 bits per heavy atom. The number of imidazole rings is 4. The highest BCUT2D eigenvalue weighted by molar-refractivity contribution is 5.81. The Bertz CT molecular complexity index is 7220. The number of allylic oxidation sites excluding steroid dienone is 1. The number of benzene rings is 7. The maximum Gasteiger partial charge on any atom is 0.305 e. The maximum absolute atomic E-state index is 6.09. The van der Waals surface area contributed by atoms with Crippen LogP contribution < -0.4 is 45.0 Å². The molecule has 12 heterocycles. The highest BCUT2D eigenvalue weighted by Gasteiger charge is 2.25. The second-order valence-corrected chi connectivity index (χ2v) is 30.9. The van der Waals surface area contributed by atoms with E-state index in [1.54, 1.807) is 60.6 Å². The third-order valence-corrected chi connectivity index (χ3v) is 21.1. The topological polar surface area (TPSA) is 401 Å². The minimum Gasteiger partial charge on any atom is -0.487 e. The molecule has 0 bridgehead atoms. The Morgan fingerprint density at radius 2 is 0.642 bits per heavy atom. The lowest BCUT2D eigenvalue weighted by Crippen LogP contribution is -2.11. The Kier molecular flexibility index (Phi) is 28.1. The van der Waals surface area contributed by atoms with Crippen LogP contribution in [0.15, 0.2) is 304 Å². The zero-order valence-corrected chi connectivity index (χ0v) is 73.9. The van der Waals surface area contributed by atoms with Gasteiger partial charge in [-0.1, -0.05) is 224 Å². The van der Waals surface area contributed by atoms with Crippen LogP contribution in [0.2, 0.25) is 0 Å². The lowest BCUT2D eigenvalue weighted by Gasteiger charge is -2.13. The summed E-state index contributed by atoms with van der Waals surface area (Å²) in [4.78, 5) is 37.0. The molecule has 12 aromatic heterocycles. The first kappa shape index (κ1) is 88.4. The predicted molar refractivity (Wildman–Crippen MR) is 505 cm³/mol. The predicted octanol–water partition coefficient (Wildman–Crippen LogP) is 15.2. The van der Waals surface area contributed by atoms with E-state index < -0.39 is 0 Å². The van der Waals surface area contributed by atoms with Crippen molar-refractivity contribution in [3.05, 3.63) is 338 Å². The van der Waals surface area contributed by atoms with Crippen molar-refractivity contribution in [1.82, 2.24) is 139 Å². The van der Waals surface area contributed by atoms with Gasteiger partial charge in [-0.15, -0.1) is 0 Å². The molecule has 0 unspecified atom stereocenters. The highest BCUT2D eigenvalue weighted by atomic mass is 16.5. The molecule has 7 aromatic carbocycles. The fourth-order valence-electron chi connectivity index (χ4n) is 14.7. The van der Waals surface area contributed by atoms with Crippen molar-refractivity contribution in [3.8, 4) is 53.6 Å². The molecule has 0 amide bonds. The van der Waals surface area contributed by atoms with Gasteiger partial charge in [-0.2, -0.15) is 19.9 Å². The Labute approximate surface area is 768 Å². The summed E-state index contributed by atoms with van der Waals surface area (Å²) in [5, 5.41) is 60.1. The molecule has 0 saturated heterocycles. The van der Waals surface area contributed by atoms with Gasteiger partial charge in [0.05, 0.1) is 80.1 Å². The van der Waals surface area contributed by atoms with Crippen LogP contribution >= 0.6 is 0 Å². The van der Waals surface area contributed by atoms with Crippen molar-refractivity contribution in [2.75, 3.05) is 34.5 Å². The molecule has 134 heavy (non-hydrogen) atoms. The van der Waals surface area contributed by atoms with Gasteiger partial charge in [-0.3, -0.25) is 0 Å². The number of rotatable bonds is 35. The Balaban J connectivity index is 0.000000124. The van der Waals surface area contributed by atoms with E-state index in [1.807, 2.05) is 265 Å². The molecule has 38 heteroatoms. The van der Waals surface area contributed by atoms with Gasteiger partial charge in [0, 0.05) is 51.0 Å². The van der Waals surface area contributed by atoms with Gasteiger partial charge in [0.1, 0.15) is 62.1 Å². The minimum atomic E-state index is 0.205. The number of hydrogen-bond donors (Lipinski definition) is 4. The molecule has 1 fully saturated rings. The number of tetrazole rings is 4. The molecular formula is C96H94N32O6. The molecule has 674 valence electrons. The van der Waals surface area contributed by atoms with Crippen LogP contribution in [-0.4, -0.2) is 152 Å². The number of ether oxygens (including phenoxy) is 6. The van der Waals surface area contributed by atoms with Gasteiger partial charge in [0.2, 0.25) is 0 Å². The highest BCUT2D eigenvalue weighted by Crippen LogP contribution is 2.33. The van der Waals surface area contributed by atoms with E-state index >= 15 is 0 Å². The summed E-state index contributed by atoms with van der Waals surface area (Å²) < 4.78 is 49.2. The van der Waals surface area contributed by atoms with Crippen LogP contribution in [0, 0.1) is 5.92 Å². The van der Waals surface area contributed by atoms with Gasteiger partial charge < -0.3 is 49.7 Å². The monoisotopic (exact) mass is 1790 g/mol. The Morgan fingerprint density at radius 1 is 0.321 bits per heavy atom. The first-order chi connectivity index (χ1) is 65.7. The fourth-order valence-corrected chi connectivity index (χ4v) is 14.7. The van der Waals surface area contributed by atoms with Crippen molar-refractivity contribution in [3.63, 3.8) is 0 Å². The van der Waals surface area contributed by atoms with Crippen LogP contribution in [0.1, 0.15) is 72.4 Å². The van der Waals surface area contributed by atoms with Crippen molar-refractivity contribution in [1.29, 1.82) is 0 Å². The Hall–Kier alpha value is -17.6. The fraction of sp³-hybridized carbons (Fsp3) is 0.188. The normalized spacial score (nSPS) is 11.7. The molecular weight excluding hydrogens is 1700 g/mol. The summed E-state index contributed by atoms with van der Waals surface area (Å²) >= 11 is 0. The number of para-hydroxylation sites is 9. The molecule has 0 atom stereocenters. The quantitative estimate of drug-likeness (QED) is 0.0286. The van der Waals surface area contributed by atoms with Gasteiger partial charge in [-0.05, 0) is 181 Å². The van der Waals surface area contributed by atoms with Crippen LogP contribution in [0.3, 0.4) is 0 Å². The van der Waals surface area contributed by atoms with Crippen molar-refractivity contribution in [2.24, 2.45) is 34.1 Å². The number of pyridine rings is 4. The molecule has 0 radical (unpaired) electrons. The van der Waals surface area contributed by atoms with Crippen LogP contribution in [0.25, 0.3) is 73.6 Å². The van der Waals surface area contributed by atoms with Gasteiger partial charge in [-0.25, -0.2) is 56.9 Å². The summed E-state index contributed by atoms with van der Waals surface area (Å²) in [6.45, 7) is 18.5. The number of anilines is 4. The number of fused-ring (bicyclic) bond motifs is 4. The molecule has 1 aliphatic rings. The second-order valence-electron chi connectivity index (χ2n) is 30.9. The number of nitrogens with zero attached hydrogens (tertiary/aromatic N) is 28. The third kappa shape index (κ3) is 22.2. The van der Waals surface area contributed by atoms with E-state index in [2.05, 4.69) is 145 Å². The smallest absolute Gasteiger partial charge is 0.305 e. The zero-order valence-electron chi connectivity index (χ0n) is 73.9. The first-order valence-corrected chi connectivity index (χ1v) is 43.0. The van der Waals surface area contributed by atoms with E-state index in [4.69, 9.17) is 33.4 Å². The van der Waals surface area contributed by atoms with Gasteiger partial charge in [0.15, 0.2) is 0 Å². The second kappa shape index (κ2) is 42.6. The lowest BCUT2D eigenvalue weighted by atomic mass is 10.0. The van der Waals surface area contributed by atoms with Crippen LogP contribution in [0.4, 0.5) is 23.3 Å². The molecule has 0 aliphatic heterocycles. The van der Waals surface area contributed by atoms with Crippen molar-refractivity contribution >= 4 is 73.1 Å². The summed E-state index contributed by atoms with van der Waals surface area (Å²) in [5.74, 6) is 6.44. The molecule has 20 rings (SSSR count). The van der Waals surface area contributed by atoms with Crippen molar-refractivity contribution in [2.45, 2.75) is 71.6 Å². The molecule has 4 N–H and O–H groups in total. The SMILES string of the molecule is C=C(CCC1CCCC1)Nc1cccc(COc2nc3ccccc3n2-c2nnnn2C)n1.C=C(COCc1ccccc1)Nc1cccc(COc2nc3ccccc3n2-c2nnnn2C)n1.C=C(COc1ccccc1)Nc1cccc(COc2nc3ccccc3n2-c2nnnn2C)n1.C=C(Nc1cccc(COc2nc3ccccc3n2-c2nnnn2C)n1)c1ccccc1. The molecule has 1 aliphatic carbocycles. The van der Waals surface area contributed by atoms with E-state index in [9.17, 15) is 0 Å². The van der Waals surface area contributed by atoms with E-state index in [-0.39, 0.29) is 26.4 Å². The number of aryl methyl sites for hydroxylation is 4. The number of aromatic nitrogens is 28. The lowest BCUT2D eigenvalue weighted by molar-refractivity contribution is 0.143. The summed E-state index contributed by atoms with van der Waals surface area (Å²) in [6.07, 6.45) is 7.62. The zero-order chi connectivity index (χ0) is 91.9. The van der Waals surface area contributed by atoms with E-state index in [1.165, 1.54) is 32.1 Å². The number of nitrogens with one attached hydrogen (secondary N) is 4. The summed E-state index contributed by atoms with van der Waals surface area (Å²) in [6, 6.07) is 84.8. The third-order valence-electron chi connectivity index (χ3n) is 21.1. The summed E-state index contributed by atoms with van der Waals surface area (Å²) in [7, 11) is 7.08. The molecule has 19 aromatic rings. The summed E-state index contributed by atoms with van der Waals surface area (Å²) in [5.41, 5.74) is 14.8. The van der Waals surface area contributed by atoms with Gasteiger partial charge >= 0.3 is 24.0 Å². The average Bonchev–Trinajstić information content (AvgIpc) is 1.64. The molecule has 38 nitrogen and oxygen atoms in total. The standard InChI is InChI=1S/C25H24N8O2.C24H22N8O2.C24H28N8O.C23H20N8O/c1-18(15-34-16-19-9-4-3-5-10-19)26-23-14-8-11-20(27-23)17-35-25-28-21-12-6-7-13-22(21)33(25)24-29-30-31-32(24)2;1-17(15-33-19-10-4-3-5-11-19)25-22-14-8-9-18(26-22)16-34-24-27-20-12-6-7-13-21(20)32(24)23-28-29-30-31(23)2;1-17(14-15-18-8-3-4-9-18)25-22-13-7-10-19(26-22)16-33-24-27-20-11-5-6-12-21(20)32(24)23-28-29-30-31(23)2;1-16(17-9-4-3-5-10-17)24-21-14-8-11-18(25-21)15-32-23-26-19-12-6-7-13-20(19)31(23)22-27-28-29-30(22)2/h3-14H,1,15-17H2,2H3,(H,26,27);3-14H,1,15-16H2,2H3,(H,25,26);5-7,10-13,18H,1,3-4,8-9,14-16H2,2H3,(H,25,26);3-14H,1,15H2,2H3,(H,24,25). The largest absolute Gasteiger partial charge is 0.487 e. The average molecular weight is 1790 g/mol. The van der Waals surface area contributed by atoms with Crippen LogP contribution in [-0.2, 0) is 66.0 Å². The van der Waals surface area contributed by atoms with Crippen molar-refractivity contribution < 1.29 is 28.4 Å². The minimum absolute atomic E-state index is 0.205. The maximum atomic E-state index is 6.09. The van der Waals surface area contributed by atoms with E-state index in [0.717, 1.165) is 113 Å². The van der Waals surface area contributed by atoms with Gasteiger partial charge in [0.25, 0.3) is 23.8 Å². The molecule has 0 spiro atoms. The number of hydrogen-bond acceptors (Lipinski definition) is 30. The first-order valence-electron chi connectivity index (χ1n) is 43.0. The molecule has 1 saturated carbocycles. The van der Waals surface area contributed by atoms with E-state index in [0.29, 0.717) is 96.5 Å².